The highest BCUT2D eigenvalue weighted by Gasteiger charge is 2.33. The van der Waals surface area contributed by atoms with Crippen LogP contribution >= 0.6 is 0 Å². The first-order chi connectivity index (χ1) is 7.08. The van der Waals surface area contributed by atoms with Crippen molar-refractivity contribution >= 4 is 11.5 Å². The molecule has 1 heterocycles. The summed E-state index contributed by atoms with van der Waals surface area (Å²) in [6, 6.07) is 1.98. The molecule has 0 saturated heterocycles. The molecule has 0 amide bonds. The molecule has 1 aliphatic rings. The number of pyridine rings is 1. The number of nitrogen functional groups attached to an aromatic ring is 1. The summed E-state index contributed by atoms with van der Waals surface area (Å²) < 4.78 is 0. The van der Waals surface area contributed by atoms with Gasteiger partial charge in [0.2, 0.25) is 0 Å². The first-order valence-electron chi connectivity index (χ1n) is 5.51. The quantitative estimate of drug-likeness (QED) is 0.821. The highest BCUT2D eigenvalue weighted by molar-refractivity contribution is 5.62. The van der Waals surface area contributed by atoms with Crippen molar-refractivity contribution in [1.29, 1.82) is 0 Å². The van der Waals surface area contributed by atoms with Crippen LogP contribution in [0.5, 0.6) is 0 Å². The highest BCUT2D eigenvalue weighted by Crippen LogP contribution is 2.38. The minimum absolute atomic E-state index is 0.783. The second-order valence-corrected chi connectivity index (χ2v) is 4.78. The average Bonchev–Trinajstić information content (AvgIpc) is 2.81. The summed E-state index contributed by atoms with van der Waals surface area (Å²) in [6.07, 6.45) is 3.22. The molecule has 0 spiro atoms. The van der Waals surface area contributed by atoms with Gasteiger partial charge in [0, 0.05) is 19.8 Å². The van der Waals surface area contributed by atoms with E-state index in [1.165, 1.54) is 6.42 Å². The van der Waals surface area contributed by atoms with Crippen LogP contribution in [0.25, 0.3) is 0 Å². The molecule has 1 fully saturated rings. The molecular weight excluding hydrogens is 186 g/mol. The Hall–Kier alpha value is -1.25. The topological polar surface area (TPSA) is 42.2 Å². The van der Waals surface area contributed by atoms with Gasteiger partial charge in [-0.25, -0.2) is 4.98 Å². The van der Waals surface area contributed by atoms with E-state index in [0.29, 0.717) is 0 Å². The minimum atomic E-state index is 0.783. The van der Waals surface area contributed by atoms with Crippen LogP contribution in [0.4, 0.5) is 11.5 Å². The third kappa shape index (κ3) is 2.22. The zero-order chi connectivity index (χ0) is 11.0. The van der Waals surface area contributed by atoms with E-state index >= 15 is 0 Å². The maximum Gasteiger partial charge on any atom is 0.151 e. The number of hydrogen-bond donors (Lipinski definition) is 1. The molecule has 0 bridgehead atoms. The van der Waals surface area contributed by atoms with Gasteiger partial charge in [-0.05, 0) is 36.8 Å². The number of rotatable bonds is 3. The maximum absolute atomic E-state index is 5.95. The summed E-state index contributed by atoms with van der Waals surface area (Å²) in [5, 5.41) is 0. The van der Waals surface area contributed by atoms with Gasteiger partial charge in [-0.2, -0.15) is 0 Å². The van der Waals surface area contributed by atoms with Gasteiger partial charge in [-0.3, -0.25) is 0 Å². The predicted molar refractivity (Wildman–Crippen MR) is 63.9 cm³/mol. The molecule has 2 unspecified atom stereocenters. The maximum atomic E-state index is 5.95. The van der Waals surface area contributed by atoms with Crippen LogP contribution < -0.4 is 10.6 Å². The monoisotopic (exact) mass is 205 g/mol. The molecule has 1 aromatic rings. The van der Waals surface area contributed by atoms with E-state index in [0.717, 1.165) is 35.4 Å². The van der Waals surface area contributed by atoms with Gasteiger partial charge in [-0.1, -0.05) is 6.92 Å². The lowest BCUT2D eigenvalue weighted by Crippen LogP contribution is -2.22. The molecule has 15 heavy (non-hydrogen) atoms. The number of nitrogens with two attached hydrogens (primary N) is 1. The van der Waals surface area contributed by atoms with Crippen LogP contribution in [0.2, 0.25) is 0 Å². The number of hydrogen-bond acceptors (Lipinski definition) is 3. The van der Waals surface area contributed by atoms with Crippen molar-refractivity contribution in [3.05, 3.63) is 17.8 Å². The van der Waals surface area contributed by atoms with Crippen LogP contribution in [-0.4, -0.2) is 18.6 Å². The Kier molecular flexibility index (Phi) is 2.55. The predicted octanol–water partition coefficient (Wildman–Crippen LogP) is 2.06. The SMILES string of the molecule is Cc1cnc(N(C)CC2CC2C)c(N)c1. The first kappa shape index (κ1) is 10.3. The van der Waals surface area contributed by atoms with Crippen molar-refractivity contribution in [3.63, 3.8) is 0 Å². The molecule has 0 aliphatic heterocycles. The number of nitrogens with zero attached hydrogens (tertiary/aromatic N) is 2. The number of aromatic nitrogens is 1. The van der Waals surface area contributed by atoms with E-state index in [1.807, 2.05) is 19.2 Å². The fourth-order valence-corrected chi connectivity index (χ4v) is 2.00. The smallest absolute Gasteiger partial charge is 0.151 e. The van der Waals surface area contributed by atoms with Gasteiger partial charge < -0.3 is 10.6 Å². The molecule has 1 saturated carbocycles. The largest absolute Gasteiger partial charge is 0.396 e. The van der Waals surface area contributed by atoms with Gasteiger partial charge in [0.25, 0.3) is 0 Å². The van der Waals surface area contributed by atoms with Crippen LogP contribution in [0, 0.1) is 18.8 Å². The van der Waals surface area contributed by atoms with Gasteiger partial charge in [0.15, 0.2) is 5.82 Å². The lowest BCUT2D eigenvalue weighted by Gasteiger charge is -2.19. The third-order valence-corrected chi connectivity index (χ3v) is 3.18. The molecule has 0 aromatic carbocycles. The Morgan fingerprint density at radius 2 is 2.27 bits per heavy atom. The fourth-order valence-electron chi connectivity index (χ4n) is 2.00. The Bertz CT molecular complexity index is 362. The number of aryl methyl sites for hydroxylation is 1. The molecule has 3 heteroatoms. The molecule has 2 N–H and O–H groups in total. The van der Waals surface area contributed by atoms with E-state index < -0.39 is 0 Å². The van der Waals surface area contributed by atoms with Crippen LogP contribution in [-0.2, 0) is 0 Å². The number of anilines is 2. The van der Waals surface area contributed by atoms with Crippen molar-refractivity contribution in [1.82, 2.24) is 4.98 Å². The minimum Gasteiger partial charge on any atom is -0.396 e. The second kappa shape index (κ2) is 3.72. The zero-order valence-corrected chi connectivity index (χ0v) is 9.70. The standard InChI is InChI=1S/C12H19N3/c1-8-4-11(13)12(14-6-8)15(3)7-10-5-9(10)2/h4,6,9-10H,5,7,13H2,1-3H3. The molecule has 1 aliphatic carbocycles. The summed E-state index contributed by atoms with van der Waals surface area (Å²) in [6.45, 7) is 5.38. The molecule has 1 aromatic heterocycles. The molecule has 2 rings (SSSR count). The van der Waals surface area contributed by atoms with E-state index in [-0.39, 0.29) is 0 Å². The summed E-state index contributed by atoms with van der Waals surface area (Å²) in [5.74, 6) is 2.62. The second-order valence-electron chi connectivity index (χ2n) is 4.78. The fraction of sp³-hybridized carbons (Fsp3) is 0.583. The Morgan fingerprint density at radius 1 is 1.60 bits per heavy atom. The summed E-state index contributed by atoms with van der Waals surface area (Å²) in [5.41, 5.74) is 7.85. The normalized spacial score (nSPS) is 23.9. The lowest BCUT2D eigenvalue weighted by molar-refractivity contribution is 0.720. The molecule has 3 nitrogen and oxygen atoms in total. The van der Waals surface area contributed by atoms with Crippen LogP contribution in [0.15, 0.2) is 12.3 Å². The van der Waals surface area contributed by atoms with Crippen molar-refractivity contribution in [2.75, 3.05) is 24.2 Å². The van der Waals surface area contributed by atoms with Gasteiger partial charge in [-0.15, -0.1) is 0 Å². The Balaban J connectivity index is 2.07. The third-order valence-electron chi connectivity index (χ3n) is 3.18. The van der Waals surface area contributed by atoms with Crippen molar-refractivity contribution in [2.24, 2.45) is 11.8 Å². The summed E-state index contributed by atoms with van der Waals surface area (Å²) in [4.78, 5) is 6.55. The van der Waals surface area contributed by atoms with Gasteiger partial charge in [0.1, 0.15) is 0 Å². The van der Waals surface area contributed by atoms with E-state index in [4.69, 9.17) is 5.73 Å². The average molecular weight is 205 g/mol. The van der Waals surface area contributed by atoms with E-state index in [9.17, 15) is 0 Å². The molecule has 0 radical (unpaired) electrons. The Labute approximate surface area is 91.3 Å². The van der Waals surface area contributed by atoms with Crippen molar-refractivity contribution in [2.45, 2.75) is 20.3 Å². The molecule has 2 atom stereocenters. The van der Waals surface area contributed by atoms with Crippen LogP contribution in [0.3, 0.4) is 0 Å². The highest BCUT2D eigenvalue weighted by atomic mass is 15.2. The van der Waals surface area contributed by atoms with Gasteiger partial charge >= 0.3 is 0 Å². The van der Waals surface area contributed by atoms with E-state index in [2.05, 4.69) is 23.9 Å². The summed E-state index contributed by atoms with van der Waals surface area (Å²) in [7, 11) is 2.07. The van der Waals surface area contributed by atoms with Crippen molar-refractivity contribution in [3.8, 4) is 0 Å². The molecule has 82 valence electrons. The summed E-state index contributed by atoms with van der Waals surface area (Å²) >= 11 is 0. The van der Waals surface area contributed by atoms with E-state index in [1.54, 1.807) is 0 Å². The Morgan fingerprint density at radius 3 is 2.80 bits per heavy atom. The van der Waals surface area contributed by atoms with Gasteiger partial charge in [0.05, 0.1) is 5.69 Å². The zero-order valence-electron chi connectivity index (χ0n) is 9.70. The van der Waals surface area contributed by atoms with Crippen LogP contribution in [0.1, 0.15) is 18.9 Å². The van der Waals surface area contributed by atoms with Crippen molar-refractivity contribution < 1.29 is 0 Å². The first-order valence-corrected chi connectivity index (χ1v) is 5.51. The molecular formula is C12H19N3. The lowest BCUT2D eigenvalue weighted by atomic mass is 10.2.